The summed E-state index contributed by atoms with van der Waals surface area (Å²) in [4.78, 5) is 16.6. The maximum absolute atomic E-state index is 12.0. The number of nitrogens with one attached hydrogen (secondary N) is 1. The van der Waals surface area contributed by atoms with Gasteiger partial charge in [0.1, 0.15) is 5.01 Å². The van der Waals surface area contributed by atoms with Crippen LogP contribution in [0.15, 0.2) is 22.2 Å². The van der Waals surface area contributed by atoms with Crippen LogP contribution < -0.4 is 5.32 Å². The predicted molar refractivity (Wildman–Crippen MR) is 84.1 cm³/mol. The van der Waals surface area contributed by atoms with Crippen LogP contribution in [0.5, 0.6) is 0 Å². The molecule has 0 aliphatic heterocycles. The minimum Gasteiger partial charge on any atom is -0.353 e. The van der Waals surface area contributed by atoms with E-state index in [0.717, 1.165) is 35.0 Å². The molecule has 0 aromatic carbocycles. The Balaban J connectivity index is 1.56. The summed E-state index contributed by atoms with van der Waals surface area (Å²) in [5.74, 6) is 0.844. The van der Waals surface area contributed by atoms with Crippen LogP contribution in [0, 0.1) is 5.92 Å². The second-order valence-electron chi connectivity index (χ2n) is 5.52. The monoisotopic (exact) mass is 306 g/mol. The first-order valence-corrected chi connectivity index (χ1v) is 8.79. The van der Waals surface area contributed by atoms with Crippen LogP contribution in [-0.4, -0.2) is 16.9 Å². The molecule has 1 N–H and O–H groups in total. The number of hydrogen-bond acceptors (Lipinski definition) is 4. The third-order valence-corrected chi connectivity index (χ3v) is 5.34. The molecule has 1 aliphatic rings. The van der Waals surface area contributed by atoms with E-state index in [4.69, 9.17) is 0 Å². The molecule has 2 atom stereocenters. The average Bonchev–Trinajstić information content (AvgIpc) is 3.10. The Kier molecular flexibility index (Phi) is 4.17. The molecule has 5 heteroatoms. The van der Waals surface area contributed by atoms with Crippen molar-refractivity contribution in [2.45, 2.75) is 38.6 Å². The van der Waals surface area contributed by atoms with Gasteiger partial charge in [0.2, 0.25) is 5.91 Å². The molecule has 1 aliphatic carbocycles. The van der Waals surface area contributed by atoms with Crippen LogP contribution in [0.2, 0.25) is 0 Å². The molecule has 2 aromatic rings. The number of carbonyl (C=O) groups excluding carboxylic acids is 1. The van der Waals surface area contributed by atoms with Crippen molar-refractivity contribution >= 4 is 28.6 Å². The summed E-state index contributed by atoms with van der Waals surface area (Å²) in [7, 11) is 0. The van der Waals surface area contributed by atoms with Crippen LogP contribution in [0.3, 0.4) is 0 Å². The van der Waals surface area contributed by atoms with E-state index < -0.39 is 0 Å². The van der Waals surface area contributed by atoms with Gasteiger partial charge in [0.25, 0.3) is 0 Å². The number of rotatable bonds is 4. The highest BCUT2D eigenvalue weighted by Gasteiger charge is 2.22. The highest BCUT2D eigenvalue weighted by Crippen LogP contribution is 2.26. The number of carbonyl (C=O) groups is 1. The van der Waals surface area contributed by atoms with Gasteiger partial charge in [-0.2, -0.15) is 11.3 Å². The van der Waals surface area contributed by atoms with Gasteiger partial charge in [-0.15, -0.1) is 11.3 Å². The van der Waals surface area contributed by atoms with E-state index in [2.05, 4.69) is 28.7 Å². The lowest BCUT2D eigenvalue weighted by molar-refractivity contribution is -0.121. The molecular formula is C15H18N2OS2. The van der Waals surface area contributed by atoms with Gasteiger partial charge in [0.15, 0.2) is 0 Å². The molecule has 2 aromatic heterocycles. The number of nitrogens with zero attached hydrogens (tertiary/aromatic N) is 1. The fraction of sp³-hybridized carbons (Fsp3) is 0.467. The molecule has 0 bridgehead atoms. The Bertz CT molecular complexity index is 576. The second-order valence-corrected chi connectivity index (χ2v) is 7.15. The summed E-state index contributed by atoms with van der Waals surface area (Å²) in [6.45, 7) is 2.25. The zero-order valence-corrected chi connectivity index (χ0v) is 13.1. The molecule has 2 heterocycles. The Hall–Kier alpha value is -1.20. The van der Waals surface area contributed by atoms with Gasteiger partial charge in [-0.1, -0.05) is 6.92 Å². The van der Waals surface area contributed by atoms with E-state index >= 15 is 0 Å². The molecule has 0 radical (unpaired) electrons. The van der Waals surface area contributed by atoms with Crippen LogP contribution in [-0.2, 0) is 11.2 Å². The Morgan fingerprint density at radius 2 is 2.35 bits per heavy atom. The SMILES string of the molecule is CC1CCC(NC(=O)Cc2csc(-c3ccsc3)n2)C1. The van der Waals surface area contributed by atoms with Gasteiger partial charge in [0.05, 0.1) is 12.1 Å². The van der Waals surface area contributed by atoms with Crippen LogP contribution in [0.4, 0.5) is 0 Å². The number of amides is 1. The first-order chi connectivity index (χ1) is 9.70. The van der Waals surface area contributed by atoms with Crippen molar-refractivity contribution in [3.8, 4) is 10.6 Å². The van der Waals surface area contributed by atoms with Gasteiger partial charge in [-0.25, -0.2) is 4.98 Å². The van der Waals surface area contributed by atoms with E-state index in [-0.39, 0.29) is 5.91 Å². The quantitative estimate of drug-likeness (QED) is 0.935. The summed E-state index contributed by atoms with van der Waals surface area (Å²) >= 11 is 3.27. The molecule has 1 fully saturated rings. The molecule has 0 spiro atoms. The predicted octanol–water partition coefficient (Wildman–Crippen LogP) is 3.72. The van der Waals surface area contributed by atoms with Gasteiger partial charge >= 0.3 is 0 Å². The standard InChI is InChI=1S/C15H18N2OS2/c1-10-2-3-12(6-10)16-14(18)7-13-9-20-15(17-13)11-4-5-19-8-11/h4-5,8-10,12H,2-3,6-7H2,1H3,(H,16,18). The van der Waals surface area contributed by atoms with E-state index in [1.807, 2.05) is 10.8 Å². The molecule has 1 amide bonds. The van der Waals surface area contributed by atoms with E-state index in [1.165, 1.54) is 6.42 Å². The summed E-state index contributed by atoms with van der Waals surface area (Å²) < 4.78 is 0. The third kappa shape index (κ3) is 3.27. The Morgan fingerprint density at radius 3 is 3.05 bits per heavy atom. The lowest BCUT2D eigenvalue weighted by atomic mass is 10.1. The topological polar surface area (TPSA) is 42.0 Å². The van der Waals surface area contributed by atoms with E-state index in [0.29, 0.717) is 12.5 Å². The normalized spacial score (nSPS) is 22.1. The lowest BCUT2D eigenvalue weighted by Gasteiger charge is -2.11. The summed E-state index contributed by atoms with van der Waals surface area (Å²) in [5.41, 5.74) is 2.02. The molecule has 2 unspecified atom stereocenters. The van der Waals surface area contributed by atoms with E-state index in [9.17, 15) is 4.79 Å². The van der Waals surface area contributed by atoms with Crippen molar-refractivity contribution in [1.82, 2.24) is 10.3 Å². The molecule has 20 heavy (non-hydrogen) atoms. The zero-order valence-electron chi connectivity index (χ0n) is 11.5. The molecule has 3 nitrogen and oxygen atoms in total. The smallest absolute Gasteiger partial charge is 0.226 e. The van der Waals surface area contributed by atoms with Gasteiger partial charge in [-0.3, -0.25) is 4.79 Å². The minimum atomic E-state index is 0.103. The lowest BCUT2D eigenvalue weighted by Crippen LogP contribution is -2.34. The minimum absolute atomic E-state index is 0.103. The number of thiophene rings is 1. The van der Waals surface area contributed by atoms with Crippen molar-refractivity contribution in [3.63, 3.8) is 0 Å². The molecule has 106 valence electrons. The van der Waals surface area contributed by atoms with Crippen molar-refractivity contribution in [2.75, 3.05) is 0 Å². The number of thiazole rings is 1. The first kappa shape index (κ1) is 13.8. The molecule has 3 rings (SSSR count). The van der Waals surface area contributed by atoms with Crippen LogP contribution in [0.1, 0.15) is 31.9 Å². The van der Waals surface area contributed by atoms with Gasteiger partial charge in [-0.05, 0) is 36.6 Å². The highest BCUT2D eigenvalue weighted by molar-refractivity contribution is 7.14. The Labute approximate surface area is 127 Å². The molecule has 0 saturated heterocycles. The van der Waals surface area contributed by atoms with Crippen molar-refractivity contribution in [3.05, 3.63) is 27.9 Å². The average molecular weight is 306 g/mol. The van der Waals surface area contributed by atoms with Crippen LogP contribution in [0.25, 0.3) is 10.6 Å². The number of aromatic nitrogens is 1. The number of hydrogen-bond donors (Lipinski definition) is 1. The maximum Gasteiger partial charge on any atom is 0.226 e. The van der Waals surface area contributed by atoms with Crippen molar-refractivity contribution in [2.24, 2.45) is 5.92 Å². The van der Waals surface area contributed by atoms with E-state index in [1.54, 1.807) is 22.7 Å². The van der Waals surface area contributed by atoms with Gasteiger partial charge in [0, 0.05) is 22.4 Å². The largest absolute Gasteiger partial charge is 0.353 e. The summed E-state index contributed by atoms with van der Waals surface area (Å²) in [6, 6.07) is 2.43. The maximum atomic E-state index is 12.0. The first-order valence-electron chi connectivity index (χ1n) is 6.97. The molecular weight excluding hydrogens is 288 g/mol. The highest BCUT2D eigenvalue weighted by atomic mass is 32.1. The summed E-state index contributed by atoms with van der Waals surface area (Å²) in [5, 5.41) is 10.3. The molecule has 1 saturated carbocycles. The fourth-order valence-electron chi connectivity index (χ4n) is 2.69. The van der Waals surface area contributed by atoms with Crippen molar-refractivity contribution in [1.29, 1.82) is 0 Å². The zero-order chi connectivity index (χ0) is 13.9. The van der Waals surface area contributed by atoms with Gasteiger partial charge < -0.3 is 5.32 Å². The summed E-state index contributed by atoms with van der Waals surface area (Å²) in [6.07, 6.45) is 3.85. The third-order valence-electron chi connectivity index (χ3n) is 3.72. The Morgan fingerprint density at radius 1 is 1.45 bits per heavy atom. The van der Waals surface area contributed by atoms with Crippen LogP contribution >= 0.6 is 22.7 Å². The fourth-order valence-corrected chi connectivity index (χ4v) is 4.22. The van der Waals surface area contributed by atoms with Crippen molar-refractivity contribution < 1.29 is 4.79 Å². The second kappa shape index (κ2) is 6.06.